The van der Waals surface area contributed by atoms with Crippen LogP contribution in [0.25, 0.3) is 16.6 Å². The van der Waals surface area contributed by atoms with Crippen molar-refractivity contribution in [3.63, 3.8) is 0 Å². The molecule has 0 amide bonds. The number of fused-ring (bicyclic) bond motifs is 1. The fraction of sp³-hybridized carbons (Fsp3) is 0.100. The molecule has 4 nitrogen and oxygen atoms in total. The van der Waals surface area contributed by atoms with Gasteiger partial charge in [0, 0.05) is 16.5 Å². The van der Waals surface area contributed by atoms with Crippen LogP contribution in [0.5, 0.6) is 11.5 Å². The van der Waals surface area contributed by atoms with E-state index in [0.717, 1.165) is 16.3 Å². The Bertz CT molecular complexity index is 931. The summed E-state index contributed by atoms with van der Waals surface area (Å²) >= 11 is 1.56. The highest BCUT2D eigenvalue weighted by molar-refractivity contribution is 7.13. The average Bonchev–Trinajstić information content (AvgIpc) is 3.15. The molecule has 1 aliphatic rings. The topological polar surface area (TPSA) is 48.4 Å². The Labute approximate surface area is 149 Å². The molecule has 25 heavy (non-hydrogen) atoms. The first kappa shape index (κ1) is 15.6. The van der Waals surface area contributed by atoms with Crippen LogP contribution in [0, 0.1) is 0 Å². The highest BCUT2D eigenvalue weighted by atomic mass is 32.1. The van der Waals surface area contributed by atoms with Crippen molar-refractivity contribution in [2.45, 2.75) is 0 Å². The fourth-order valence-electron chi connectivity index (χ4n) is 2.53. The molecule has 0 atom stereocenters. The van der Waals surface area contributed by atoms with Crippen LogP contribution in [0.4, 0.5) is 0 Å². The van der Waals surface area contributed by atoms with E-state index in [-0.39, 0.29) is 5.78 Å². The van der Waals surface area contributed by atoms with Gasteiger partial charge in [0.1, 0.15) is 18.2 Å². The molecular weight excluding hydrogens is 334 g/mol. The van der Waals surface area contributed by atoms with Gasteiger partial charge in [0.2, 0.25) is 0 Å². The van der Waals surface area contributed by atoms with Crippen LogP contribution >= 0.6 is 11.3 Å². The number of hydrogen-bond acceptors (Lipinski definition) is 5. The van der Waals surface area contributed by atoms with Gasteiger partial charge in [0.15, 0.2) is 17.3 Å². The van der Waals surface area contributed by atoms with E-state index in [1.807, 2.05) is 35.7 Å². The van der Waals surface area contributed by atoms with E-state index in [9.17, 15) is 4.79 Å². The van der Waals surface area contributed by atoms with Crippen molar-refractivity contribution in [1.82, 2.24) is 4.98 Å². The second-order valence-corrected chi connectivity index (χ2v) is 6.36. The summed E-state index contributed by atoms with van der Waals surface area (Å²) in [7, 11) is 0. The van der Waals surface area contributed by atoms with E-state index in [1.54, 1.807) is 35.6 Å². The van der Waals surface area contributed by atoms with Crippen LogP contribution in [0.3, 0.4) is 0 Å². The normalized spacial score (nSPS) is 13.1. The number of ketones is 1. The van der Waals surface area contributed by atoms with Crippen LogP contribution in [0.15, 0.2) is 60.0 Å². The van der Waals surface area contributed by atoms with Gasteiger partial charge in [-0.25, -0.2) is 4.98 Å². The van der Waals surface area contributed by atoms with Crippen LogP contribution in [-0.4, -0.2) is 24.0 Å². The summed E-state index contributed by atoms with van der Waals surface area (Å²) in [6, 6.07) is 15.2. The van der Waals surface area contributed by atoms with E-state index < -0.39 is 0 Å². The van der Waals surface area contributed by atoms with Gasteiger partial charge in [-0.1, -0.05) is 30.3 Å². The number of nitrogens with zero attached hydrogens (tertiary/aromatic N) is 1. The molecule has 124 valence electrons. The molecule has 1 aliphatic heterocycles. The first-order chi connectivity index (χ1) is 12.3. The van der Waals surface area contributed by atoms with Crippen molar-refractivity contribution >= 4 is 23.2 Å². The van der Waals surface area contributed by atoms with Gasteiger partial charge < -0.3 is 9.47 Å². The molecule has 3 aromatic rings. The maximum atomic E-state index is 12.4. The molecule has 0 fully saturated rings. The van der Waals surface area contributed by atoms with E-state index in [4.69, 9.17) is 9.47 Å². The minimum absolute atomic E-state index is 0.0914. The van der Waals surface area contributed by atoms with Gasteiger partial charge >= 0.3 is 0 Å². The smallest absolute Gasteiger partial charge is 0.186 e. The van der Waals surface area contributed by atoms with E-state index >= 15 is 0 Å². The average molecular weight is 349 g/mol. The summed E-state index contributed by atoms with van der Waals surface area (Å²) in [5.74, 6) is 1.20. The summed E-state index contributed by atoms with van der Waals surface area (Å²) in [5.41, 5.74) is 2.42. The van der Waals surface area contributed by atoms with Crippen molar-refractivity contribution < 1.29 is 14.3 Å². The van der Waals surface area contributed by atoms with Crippen LogP contribution in [0.2, 0.25) is 0 Å². The predicted molar refractivity (Wildman–Crippen MR) is 98.3 cm³/mol. The molecule has 0 aliphatic carbocycles. The fourth-order valence-corrected chi connectivity index (χ4v) is 3.32. The Kier molecular flexibility index (Phi) is 4.31. The van der Waals surface area contributed by atoms with Gasteiger partial charge in [-0.05, 0) is 30.4 Å². The Balaban J connectivity index is 1.50. The third kappa shape index (κ3) is 3.46. The lowest BCUT2D eigenvalue weighted by Crippen LogP contribution is -2.15. The molecule has 4 rings (SSSR count). The maximum Gasteiger partial charge on any atom is 0.186 e. The van der Waals surface area contributed by atoms with Crippen LogP contribution in [0.1, 0.15) is 16.1 Å². The zero-order valence-corrected chi connectivity index (χ0v) is 14.2. The van der Waals surface area contributed by atoms with Crippen molar-refractivity contribution in [3.8, 4) is 22.1 Å². The largest absolute Gasteiger partial charge is 0.486 e. The Morgan fingerprint density at radius 2 is 1.84 bits per heavy atom. The molecule has 5 heteroatoms. The summed E-state index contributed by atoms with van der Waals surface area (Å²) in [5, 5.41) is 2.88. The summed E-state index contributed by atoms with van der Waals surface area (Å²) in [6.45, 7) is 1.04. The summed E-state index contributed by atoms with van der Waals surface area (Å²) in [4.78, 5) is 16.9. The van der Waals surface area contributed by atoms with Crippen molar-refractivity contribution in [2.75, 3.05) is 13.2 Å². The second kappa shape index (κ2) is 6.91. The molecule has 0 spiro atoms. The molecule has 2 aromatic carbocycles. The van der Waals surface area contributed by atoms with E-state index in [1.165, 1.54) is 6.08 Å². The zero-order valence-electron chi connectivity index (χ0n) is 13.3. The van der Waals surface area contributed by atoms with Crippen LogP contribution in [-0.2, 0) is 0 Å². The van der Waals surface area contributed by atoms with Gasteiger partial charge in [0.05, 0.1) is 5.69 Å². The third-order valence-corrected chi connectivity index (χ3v) is 4.68. The lowest BCUT2D eigenvalue weighted by atomic mass is 10.1. The Morgan fingerprint density at radius 1 is 1.04 bits per heavy atom. The minimum Gasteiger partial charge on any atom is -0.486 e. The number of rotatable bonds is 4. The minimum atomic E-state index is -0.0914. The van der Waals surface area contributed by atoms with Crippen LogP contribution < -0.4 is 9.47 Å². The van der Waals surface area contributed by atoms with E-state index in [2.05, 4.69) is 4.98 Å². The third-order valence-electron chi connectivity index (χ3n) is 3.77. The van der Waals surface area contributed by atoms with Crippen molar-refractivity contribution in [2.24, 2.45) is 0 Å². The molecule has 0 bridgehead atoms. The lowest BCUT2D eigenvalue weighted by Gasteiger charge is -2.18. The number of benzene rings is 2. The number of ether oxygens (including phenoxy) is 2. The standard InChI is InChI=1S/C20H15NO3S/c22-17(15-6-9-18-19(12-15)24-11-10-23-18)8-7-16-13-25-20(21-16)14-4-2-1-3-5-14/h1-9,12-13H,10-11H2. The quantitative estimate of drug-likeness (QED) is 0.515. The first-order valence-corrected chi connectivity index (χ1v) is 8.80. The van der Waals surface area contributed by atoms with Gasteiger partial charge in [-0.3, -0.25) is 4.79 Å². The van der Waals surface area contributed by atoms with Gasteiger partial charge in [-0.15, -0.1) is 11.3 Å². The second-order valence-electron chi connectivity index (χ2n) is 5.50. The first-order valence-electron chi connectivity index (χ1n) is 7.92. The Hall–Kier alpha value is -2.92. The summed E-state index contributed by atoms with van der Waals surface area (Å²) < 4.78 is 11.0. The summed E-state index contributed by atoms with van der Waals surface area (Å²) in [6.07, 6.45) is 3.28. The highest BCUT2D eigenvalue weighted by Gasteiger charge is 2.13. The number of thiazole rings is 1. The molecule has 0 saturated carbocycles. The molecule has 0 N–H and O–H groups in total. The monoisotopic (exact) mass is 349 g/mol. The number of hydrogen-bond donors (Lipinski definition) is 0. The molecule has 2 heterocycles. The van der Waals surface area contributed by atoms with Gasteiger partial charge in [-0.2, -0.15) is 0 Å². The number of aromatic nitrogens is 1. The lowest BCUT2D eigenvalue weighted by molar-refractivity contribution is 0.104. The van der Waals surface area contributed by atoms with E-state index in [0.29, 0.717) is 30.3 Å². The molecule has 0 saturated heterocycles. The zero-order chi connectivity index (χ0) is 17.1. The maximum absolute atomic E-state index is 12.4. The molecule has 1 aromatic heterocycles. The van der Waals surface area contributed by atoms with Crippen molar-refractivity contribution in [1.29, 1.82) is 0 Å². The highest BCUT2D eigenvalue weighted by Crippen LogP contribution is 2.31. The predicted octanol–water partition coefficient (Wildman–Crippen LogP) is 4.48. The molecular formula is C20H15NO3S. The van der Waals surface area contributed by atoms with Crippen molar-refractivity contribution in [3.05, 3.63) is 71.2 Å². The number of carbonyl (C=O) groups is 1. The Morgan fingerprint density at radius 3 is 2.68 bits per heavy atom. The number of allylic oxidation sites excluding steroid dienone is 1. The molecule has 0 radical (unpaired) electrons. The van der Waals surface area contributed by atoms with Gasteiger partial charge in [0.25, 0.3) is 0 Å². The SMILES string of the molecule is O=C(C=Cc1csc(-c2ccccc2)n1)c1ccc2c(c1)OCCO2. The number of carbonyl (C=O) groups excluding carboxylic acids is 1. The molecule has 0 unspecified atom stereocenters.